The number of phenolic OH excluding ortho intramolecular Hbond substituents is 1. The Balaban J connectivity index is 0.000000360. The lowest BCUT2D eigenvalue weighted by Gasteiger charge is -2.13. The molecule has 1 N–H and O–H groups in total. The maximum absolute atomic E-state index is 9.34. The van der Waals surface area contributed by atoms with E-state index in [2.05, 4.69) is 25.7 Å². The van der Waals surface area contributed by atoms with Crippen molar-refractivity contribution < 1.29 is 14.6 Å². The van der Waals surface area contributed by atoms with Crippen LogP contribution in [-0.4, -0.2) is 43.9 Å². The molecule has 0 heterocycles. The number of hydrogen-bond acceptors (Lipinski definition) is 4. The van der Waals surface area contributed by atoms with Crippen LogP contribution >= 0.6 is 0 Å². The smallest absolute Gasteiger partial charge is 0.200 e. The molecule has 0 fully saturated rings. The van der Waals surface area contributed by atoms with Crippen LogP contribution in [0.1, 0.15) is 20.8 Å². The molecule has 0 amide bonds. The van der Waals surface area contributed by atoms with Gasteiger partial charge in [-0.2, -0.15) is 0 Å². The van der Waals surface area contributed by atoms with E-state index < -0.39 is 0 Å². The zero-order valence-electron chi connectivity index (χ0n) is 12.1. The fourth-order valence-electron chi connectivity index (χ4n) is 1.50. The summed E-state index contributed by atoms with van der Waals surface area (Å²) in [5, 5.41) is 9.34. The largest absolute Gasteiger partial charge is 0.502 e. The van der Waals surface area contributed by atoms with Crippen LogP contribution in [0.3, 0.4) is 0 Å². The van der Waals surface area contributed by atoms with Crippen LogP contribution in [0.5, 0.6) is 17.2 Å². The highest BCUT2D eigenvalue weighted by Gasteiger charge is 2.05. The van der Waals surface area contributed by atoms with E-state index in [1.54, 1.807) is 18.2 Å². The molecule has 0 radical (unpaired) electrons. The molecule has 0 saturated carbocycles. The second-order valence-electron chi connectivity index (χ2n) is 3.63. The second kappa shape index (κ2) is 9.59. The van der Waals surface area contributed by atoms with Crippen molar-refractivity contribution in [1.82, 2.24) is 4.90 Å². The first-order valence-corrected chi connectivity index (χ1v) is 6.26. The summed E-state index contributed by atoms with van der Waals surface area (Å²) in [6.07, 6.45) is 0. The van der Waals surface area contributed by atoms with Gasteiger partial charge in [0.05, 0.1) is 14.2 Å². The van der Waals surface area contributed by atoms with Crippen LogP contribution in [0.25, 0.3) is 0 Å². The van der Waals surface area contributed by atoms with E-state index in [-0.39, 0.29) is 5.75 Å². The highest BCUT2D eigenvalue weighted by atomic mass is 16.5. The number of nitrogens with zero attached hydrogens (tertiary/aromatic N) is 1. The minimum atomic E-state index is 0.0394. The Morgan fingerprint density at radius 3 is 1.56 bits per heavy atom. The number of methoxy groups -OCH3 is 2. The Morgan fingerprint density at radius 1 is 0.944 bits per heavy atom. The Hall–Kier alpha value is -1.42. The molecule has 4 heteroatoms. The molecule has 0 aliphatic heterocycles. The molecule has 0 atom stereocenters. The fourth-order valence-corrected chi connectivity index (χ4v) is 1.50. The van der Waals surface area contributed by atoms with Gasteiger partial charge in [0.1, 0.15) is 0 Å². The van der Waals surface area contributed by atoms with Gasteiger partial charge in [0.15, 0.2) is 11.5 Å². The number of phenols is 1. The zero-order chi connectivity index (χ0) is 14.0. The van der Waals surface area contributed by atoms with Crippen LogP contribution < -0.4 is 9.47 Å². The number of para-hydroxylation sites is 1. The Labute approximate surface area is 110 Å². The summed E-state index contributed by atoms with van der Waals surface area (Å²) in [7, 11) is 2.99. The topological polar surface area (TPSA) is 41.9 Å². The van der Waals surface area contributed by atoms with Crippen LogP contribution in [0.2, 0.25) is 0 Å². The first kappa shape index (κ1) is 16.6. The summed E-state index contributed by atoms with van der Waals surface area (Å²) >= 11 is 0. The van der Waals surface area contributed by atoms with Crippen LogP contribution in [-0.2, 0) is 0 Å². The molecule has 18 heavy (non-hydrogen) atoms. The molecule has 0 bridgehead atoms. The van der Waals surface area contributed by atoms with Gasteiger partial charge in [0.2, 0.25) is 5.75 Å². The molecule has 0 aliphatic rings. The molecular weight excluding hydrogens is 230 g/mol. The zero-order valence-corrected chi connectivity index (χ0v) is 12.1. The molecule has 0 unspecified atom stereocenters. The van der Waals surface area contributed by atoms with Crippen molar-refractivity contribution in [3.05, 3.63) is 18.2 Å². The number of ether oxygens (including phenoxy) is 2. The highest BCUT2D eigenvalue weighted by molar-refractivity contribution is 5.49. The van der Waals surface area contributed by atoms with Crippen molar-refractivity contribution in [2.24, 2.45) is 0 Å². The number of benzene rings is 1. The first-order chi connectivity index (χ1) is 8.64. The lowest BCUT2D eigenvalue weighted by atomic mass is 10.3. The SMILES string of the molecule is CCN(CC)CC.COc1cccc(OC)c1O. The summed E-state index contributed by atoms with van der Waals surface area (Å²) in [5.41, 5.74) is 0. The van der Waals surface area contributed by atoms with E-state index in [9.17, 15) is 5.11 Å². The minimum absolute atomic E-state index is 0.0394. The molecular formula is C14H25NO3. The second-order valence-corrected chi connectivity index (χ2v) is 3.63. The standard InChI is InChI=1S/C8H10O3.C6H15N/c1-10-6-4-3-5-7(11-2)8(6)9;1-4-7(5-2)6-3/h3-5,9H,1-2H3;4-6H2,1-3H3. The third-order valence-corrected chi connectivity index (χ3v) is 2.74. The molecule has 0 aliphatic carbocycles. The number of aromatic hydroxyl groups is 1. The van der Waals surface area contributed by atoms with Crippen molar-refractivity contribution in [2.75, 3.05) is 33.9 Å². The summed E-state index contributed by atoms with van der Waals surface area (Å²) in [4.78, 5) is 2.38. The molecule has 0 aromatic heterocycles. The van der Waals surface area contributed by atoms with E-state index in [0.717, 1.165) is 0 Å². The van der Waals surface area contributed by atoms with Gasteiger partial charge in [0, 0.05) is 0 Å². The summed E-state index contributed by atoms with van der Waals surface area (Å²) in [5.74, 6) is 0.881. The van der Waals surface area contributed by atoms with Crippen molar-refractivity contribution in [3.63, 3.8) is 0 Å². The van der Waals surface area contributed by atoms with Gasteiger partial charge in [0.25, 0.3) is 0 Å². The molecule has 1 rings (SSSR count). The number of rotatable bonds is 5. The molecule has 104 valence electrons. The monoisotopic (exact) mass is 255 g/mol. The van der Waals surface area contributed by atoms with E-state index in [4.69, 9.17) is 9.47 Å². The maximum Gasteiger partial charge on any atom is 0.200 e. The maximum atomic E-state index is 9.34. The van der Waals surface area contributed by atoms with Crippen molar-refractivity contribution in [2.45, 2.75) is 20.8 Å². The van der Waals surface area contributed by atoms with Gasteiger partial charge >= 0.3 is 0 Å². The normalized spacial score (nSPS) is 9.67. The van der Waals surface area contributed by atoms with Gasteiger partial charge in [-0.3, -0.25) is 0 Å². The molecule has 4 nitrogen and oxygen atoms in total. The molecule has 1 aromatic rings. The van der Waals surface area contributed by atoms with Crippen molar-refractivity contribution >= 4 is 0 Å². The third-order valence-electron chi connectivity index (χ3n) is 2.74. The van der Waals surface area contributed by atoms with Gasteiger partial charge in [-0.25, -0.2) is 0 Å². The van der Waals surface area contributed by atoms with Crippen LogP contribution in [0.15, 0.2) is 18.2 Å². The van der Waals surface area contributed by atoms with E-state index in [1.807, 2.05) is 0 Å². The van der Waals surface area contributed by atoms with E-state index in [1.165, 1.54) is 33.9 Å². The van der Waals surface area contributed by atoms with Gasteiger partial charge < -0.3 is 19.5 Å². The minimum Gasteiger partial charge on any atom is -0.502 e. The predicted octanol–water partition coefficient (Wildman–Crippen LogP) is 2.76. The summed E-state index contributed by atoms with van der Waals surface area (Å²) in [6, 6.07) is 5.08. The van der Waals surface area contributed by atoms with Crippen LogP contribution in [0, 0.1) is 0 Å². The van der Waals surface area contributed by atoms with E-state index in [0.29, 0.717) is 11.5 Å². The van der Waals surface area contributed by atoms with Crippen LogP contribution in [0.4, 0.5) is 0 Å². The molecule has 1 aromatic carbocycles. The van der Waals surface area contributed by atoms with Crippen molar-refractivity contribution in [1.29, 1.82) is 0 Å². The Morgan fingerprint density at radius 2 is 1.33 bits per heavy atom. The third kappa shape index (κ3) is 5.27. The predicted molar refractivity (Wildman–Crippen MR) is 74.7 cm³/mol. The molecule has 0 saturated heterocycles. The average Bonchev–Trinajstić information content (AvgIpc) is 2.42. The lowest BCUT2D eigenvalue weighted by molar-refractivity contribution is 0.321. The molecule has 0 spiro atoms. The average molecular weight is 255 g/mol. The quantitative estimate of drug-likeness (QED) is 0.878. The number of hydrogen-bond donors (Lipinski definition) is 1. The Kier molecular flexibility index (Phi) is 8.84. The lowest BCUT2D eigenvalue weighted by Crippen LogP contribution is -2.21. The van der Waals surface area contributed by atoms with Gasteiger partial charge in [-0.05, 0) is 31.8 Å². The fraction of sp³-hybridized carbons (Fsp3) is 0.571. The first-order valence-electron chi connectivity index (χ1n) is 6.26. The summed E-state index contributed by atoms with van der Waals surface area (Å²) in [6.45, 7) is 10.1. The van der Waals surface area contributed by atoms with E-state index >= 15 is 0 Å². The van der Waals surface area contributed by atoms with Gasteiger partial charge in [-0.15, -0.1) is 0 Å². The summed E-state index contributed by atoms with van der Waals surface area (Å²) < 4.78 is 9.71. The Bertz CT molecular complexity index is 297. The van der Waals surface area contributed by atoms with Gasteiger partial charge in [-0.1, -0.05) is 26.8 Å². The van der Waals surface area contributed by atoms with Crippen molar-refractivity contribution in [3.8, 4) is 17.2 Å². The highest BCUT2D eigenvalue weighted by Crippen LogP contribution is 2.34.